The maximum atomic E-state index is 13.0. The molecule has 0 bridgehead atoms. The van der Waals surface area contributed by atoms with E-state index >= 15 is 0 Å². The lowest BCUT2D eigenvalue weighted by atomic mass is 9.83. The fourth-order valence-electron chi connectivity index (χ4n) is 1.29. The third kappa shape index (κ3) is 1.94. The smallest absolute Gasteiger partial charge is 0.126 e. The lowest BCUT2D eigenvalue weighted by Crippen LogP contribution is -2.35. The topological polar surface area (TPSA) is 46.2 Å². The predicted octanol–water partition coefficient (Wildman–Crippen LogP) is 1.34. The number of benzene rings is 1. The van der Waals surface area contributed by atoms with Crippen LogP contribution in [0.1, 0.15) is 18.1 Å². The van der Waals surface area contributed by atoms with Crippen molar-refractivity contribution in [3.63, 3.8) is 0 Å². The maximum absolute atomic E-state index is 13.0. The van der Waals surface area contributed by atoms with Gasteiger partial charge >= 0.3 is 0 Å². The van der Waals surface area contributed by atoms with Gasteiger partial charge in [-0.1, -0.05) is 19.1 Å². The first-order valence-electron chi connectivity index (χ1n) is 4.61. The van der Waals surface area contributed by atoms with Gasteiger partial charge in [0.15, 0.2) is 0 Å². The predicted molar refractivity (Wildman–Crippen MR) is 54.6 cm³/mol. The van der Waals surface area contributed by atoms with E-state index < -0.39 is 5.41 Å². The van der Waals surface area contributed by atoms with Crippen LogP contribution in [0.3, 0.4) is 0 Å². The zero-order chi connectivity index (χ0) is 10.8. The Bertz CT molecular complexity index is 321. The van der Waals surface area contributed by atoms with Crippen molar-refractivity contribution in [3.8, 4) is 0 Å². The van der Waals surface area contributed by atoms with Gasteiger partial charge in [0.05, 0.1) is 6.61 Å². The molecule has 0 saturated carbocycles. The Kier molecular flexibility index (Phi) is 3.24. The Morgan fingerprint density at radius 2 is 2.14 bits per heavy atom. The molecule has 1 unspecified atom stereocenters. The molecule has 14 heavy (non-hydrogen) atoms. The van der Waals surface area contributed by atoms with E-state index in [2.05, 4.69) is 0 Å². The third-order valence-electron chi connectivity index (χ3n) is 2.65. The summed E-state index contributed by atoms with van der Waals surface area (Å²) >= 11 is 0. The molecule has 0 aliphatic carbocycles. The Morgan fingerprint density at radius 3 is 2.57 bits per heavy atom. The van der Waals surface area contributed by atoms with Crippen molar-refractivity contribution in [1.82, 2.24) is 0 Å². The van der Waals surface area contributed by atoms with Crippen molar-refractivity contribution < 1.29 is 9.50 Å². The highest BCUT2D eigenvalue weighted by Crippen LogP contribution is 2.23. The summed E-state index contributed by atoms with van der Waals surface area (Å²) in [5.41, 5.74) is 6.57. The molecule has 1 aromatic carbocycles. The number of hydrogen-bond donors (Lipinski definition) is 2. The number of nitrogens with two attached hydrogens (primary N) is 1. The Morgan fingerprint density at radius 1 is 1.50 bits per heavy atom. The fraction of sp³-hybridized carbons (Fsp3) is 0.455. The molecule has 1 aromatic rings. The van der Waals surface area contributed by atoms with Crippen LogP contribution in [0.15, 0.2) is 18.2 Å². The van der Waals surface area contributed by atoms with Gasteiger partial charge in [0.25, 0.3) is 0 Å². The summed E-state index contributed by atoms with van der Waals surface area (Å²) in [5, 5.41) is 9.23. The zero-order valence-corrected chi connectivity index (χ0v) is 8.55. The molecule has 0 fully saturated rings. The molecule has 3 N–H and O–H groups in total. The number of hydrogen-bond acceptors (Lipinski definition) is 2. The molecule has 0 heterocycles. The molecule has 0 aliphatic rings. The van der Waals surface area contributed by atoms with Crippen molar-refractivity contribution in [1.29, 1.82) is 0 Å². The van der Waals surface area contributed by atoms with Crippen LogP contribution in [0.25, 0.3) is 0 Å². The summed E-state index contributed by atoms with van der Waals surface area (Å²) < 4.78 is 13.0. The first-order chi connectivity index (χ1) is 6.53. The Balaban J connectivity index is 3.12. The molecule has 0 spiro atoms. The first kappa shape index (κ1) is 11.1. The molecule has 3 heteroatoms. The highest BCUT2D eigenvalue weighted by molar-refractivity contribution is 5.30. The van der Waals surface area contributed by atoms with Gasteiger partial charge in [-0.2, -0.15) is 0 Å². The molecule has 1 rings (SSSR count). The van der Waals surface area contributed by atoms with E-state index in [1.165, 1.54) is 6.07 Å². The van der Waals surface area contributed by atoms with Crippen LogP contribution >= 0.6 is 0 Å². The molecule has 0 amide bonds. The number of aliphatic hydroxyl groups excluding tert-OH is 1. The molecular formula is C11H16FNO. The van der Waals surface area contributed by atoms with E-state index in [1.54, 1.807) is 19.1 Å². The molecule has 0 radical (unpaired) electrons. The largest absolute Gasteiger partial charge is 0.395 e. The van der Waals surface area contributed by atoms with E-state index in [0.717, 1.165) is 5.56 Å². The molecule has 78 valence electrons. The van der Waals surface area contributed by atoms with E-state index in [-0.39, 0.29) is 12.4 Å². The number of halogens is 1. The number of aryl methyl sites for hydroxylation is 1. The van der Waals surface area contributed by atoms with Gasteiger partial charge in [0, 0.05) is 12.0 Å². The molecular weight excluding hydrogens is 181 g/mol. The van der Waals surface area contributed by atoms with Gasteiger partial charge in [-0.25, -0.2) is 4.39 Å². The lowest BCUT2D eigenvalue weighted by molar-refractivity contribution is 0.210. The highest BCUT2D eigenvalue weighted by Gasteiger charge is 2.24. The Labute approximate surface area is 83.6 Å². The van der Waals surface area contributed by atoms with Gasteiger partial charge in [0.2, 0.25) is 0 Å². The third-order valence-corrected chi connectivity index (χ3v) is 2.65. The van der Waals surface area contributed by atoms with Gasteiger partial charge in [-0.3, -0.25) is 0 Å². The van der Waals surface area contributed by atoms with Crippen LogP contribution in [0, 0.1) is 12.7 Å². The zero-order valence-electron chi connectivity index (χ0n) is 8.55. The lowest BCUT2D eigenvalue weighted by Gasteiger charge is -2.26. The number of rotatable bonds is 3. The van der Waals surface area contributed by atoms with Crippen molar-refractivity contribution >= 4 is 0 Å². The minimum atomic E-state index is -0.474. The van der Waals surface area contributed by atoms with E-state index in [0.29, 0.717) is 12.1 Å². The molecule has 0 aromatic heterocycles. The second kappa shape index (κ2) is 4.07. The average Bonchev–Trinajstić information content (AvgIpc) is 2.21. The van der Waals surface area contributed by atoms with Crippen LogP contribution < -0.4 is 5.73 Å². The highest BCUT2D eigenvalue weighted by atomic mass is 19.1. The van der Waals surface area contributed by atoms with Gasteiger partial charge < -0.3 is 10.8 Å². The molecule has 1 atom stereocenters. The van der Waals surface area contributed by atoms with Crippen molar-refractivity contribution in [3.05, 3.63) is 35.1 Å². The maximum Gasteiger partial charge on any atom is 0.126 e. The summed E-state index contributed by atoms with van der Waals surface area (Å²) in [6, 6.07) is 4.82. The van der Waals surface area contributed by atoms with Crippen LogP contribution in [0.4, 0.5) is 4.39 Å². The van der Waals surface area contributed by atoms with Crippen LogP contribution in [0.5, 0.6) is 0 Å². The summed E-state index contributed by atoms with van der Waals surface area (Å²) in [7, 11) is 0. The normalized spacial score (nSPS) is 15.2. The number of aliphatic hydroxyl groups is 1. The van der Waals surface area contributed by atoms with Gasteiger partial charge in [-0.05, 0) is 24.1 Å². The van der Waals surface area contributed by atoms with Gasteiger partial charge in [-0.15, -0.1) is 0 Å². The standard InChI is InChI=1S/C11H16FNO/c1-8-5-9(3-4-10(8)12)11(2,6-13)7-14/h3-5,14H,6-7,13H2,1-2H3. The average molecular weight is 197 g/mol. The molecule has 0 aliphatic heterocycles. The van der Waals surface area contributed by atoms with E-state index in [9.17, 15) is 9.50 Å². The quantitative estimate of drug-likeness (QED) is 0.768. The van der Waals surface area contributed by atoms with E-state index in [4.69, 9.17) is 5.73 Å². The second-order valence-electron chi connectivity index (χ2n) is 3.89. The van der Waals surface area contributed by atoms with Crippen molar-refractivity contribution in [2.75, 3.05) is 13.2 Å². The summed E-state index contributed by atoms with van der Waals surface area (Å²) in [6.07, 6.45) is 0. The first-order valence-corrected chi connectivity index (χ1v) is 4.61. The molecule has 0 saturated heterocycles. The van der Waals surface area contributed by atoms with Crippen molar-refractivity contribution in [2.24, 2.45) is 5.73 Å². The minimum absolute atomic E-state index is 0.0332. The monoisotopic (exact) mass is 197 g/mol. The van der Waals surface area contributed by atoms with Crippen LogP contribution in [-0.2, 0) is 5.41 Å². The minimum Gasteiger partial charge on any atom is -0.395 e. The summed E-state index contributed by atoms with van der Waals surface area (Å²) in [6.45, 7) is 3.87. The van der Waals surface area contributed by atoms with E-state index in [1.807, 2.05) is 6.92 Å². The molecule has 2 nitrogen and oxygen atoms in total. The fourth-order valence-corrected chi connectivity index (χ4v) is 1.29. The second-order valence-corrected chi connectivity index (χ2v) is 3.89. The summed E-state index contributed by atoms with van der Waals surface area (Å²) in [5.74, 6) is -0.230. The van der Waals surface area contributed by atoms with Crippen molar-refractivity contribution in [2.45, 2.75) is 19.3 Å². The Hall–Kier alpha value is -0.930. The van der Waals surface area contributed by atoms with Gasteiger partial charge in [0.1, 0.15) is 5.82 Å². The SMILES string of the molecule is Cc1cc(C(C)(CN)CO)ccc1F. The van der Waals surface area contributed by atoms with Crippen LogP contribution in [-0.4, -0.2) is 18.3 Å². The summed E-state index contributed by atoms with van der Waals surface area (Å²) in [4.78, 5) is 0. The van der Waals surface area contributed by atoms with Crippen LogP contribution in [0.2, 0.25) is 0 Å².